The number of hydrogen-bond acceptors (Lipinski definition) is 12. The normalized spacial score (nSPS) is 25.6. The largest absolute Gasteiger partial charge is 0.476 e. The van der Waals surface area contributed by atoms with Gasteiger partial charge in [0.2, 0.25) is 11.8 Å². The Morgan fingerprint density at radius 2 is 2.02 bits per heavy atom. The first-order chi connectivity index (χ1) is 20.9. The van der Waals surface area contributed by atoms with E-state index in [2.05, 4.69) is 28.5 Å². The summed E-state index contributed by atoms with van der Waals surface area (Å²) < 4.78 is 18.6. The molecule has 3 aromatic rings. The van der Waals surface area contributed by atoms with Crippen LogP contribution in [-0.4, -0.2) is 87.9 Å². The van der Waals surface area contributed by atoms with Crippen LogP contribution in [0.2, 0.25) is 0 Å². The van der Waals surface area contributed by atoms with Gasteiger partial charge in [-0.25, -0.2) is 0 Å². The first-order valence-electron chi connectivity index (χ1n) is 15.1. The van der Waals surface area contributed by atoms with Crippen molar-refractivity contribution in [2.75, 3.05) is 45.7 Å². The molecule has 0 radical (unpaired) electrons. The molecule has 3 unspecified atom stereocenters. The minimum absolute atomic E-state index is 0.269. The molecule has 4 heterocycles. The van der Waals surface area contributed by atoms with Gasteiger partial charge in [-0.15, -0.1) is 0 Å². The summed E-state index contributed by atoms with van der Waals surface area (Å²) in [4.78, 5) is 11.8. The van der Waals surface area contributed by atoms with Crippen LogP contribution in [0.3, 0.4) is 0 Å². The van der Waals surface area contributed by atoms with Crippen LogP contribution in [0, 0.1) is 11.3 Å². The monoisotopic (exact) mass is 587 g/mol. The van der Waals surface area contributed by atoms with E-state index < -0.39 is 17.1 Å². The highest BCUT2D eigenvalue weighted by atomic mass is 16.5. The van der Waals surface area contributed by atoms with Gasteiger partial charge in [-0.1, -0.05) is 11.2 Å². The zero-order chi connectivity index (χ0) is 29.8. The summed E-state index contributed by atoms with van der Waals surface area (Å²) in [5.74, 6) is 1.71. The van der Waals surface area contributed by atoms with Gasteiger partial charge in [0.05, 0.1) is 30.3 Å². The molecular formula is C31H37N7O5. The predicted molar refractivity (Wildman–Crippen MR) is 156 cm³/mol. The van der Waals surface area contributed by atoms with E-state index in [1.54, 1.807) is 6.07 Å². The van der Waals surface area contributed by atoms with E-state index in [0.717, 1.165) is 73.9 Å². The molecule has 2 aliphatic carbocycles. The van der Waals surface area contributed by atoms with Crippen LogP contribution in [0.4, 0.5) is 5.69 Å². The molecule has 1 aromatic carbocycles. The molecule has 2 fully saturated rings. The van der Waals surface area contributed by atoms with Crippen molar-refractivity contribution < 1.29 is 24.2 Å². The van der Waals surface area contributed by atoms with Gasteiger partial charge in [0.15, 0.2) is 17.3 Å². The molecule has 4 aliphatic rings. The van der Waals surface area contributed by atoms with E-state index in [4.69, 9.17) is 29.7 Å². The number of aliphatic hydroxyl groups is 2. The van der Waals surface area contributed by atoms with E-state index in [-0.39, 0.29) is 19.1 Å². The van der Waals surface area contributed by atoms with E-state index in [1.165, 1.54) is 0 Å². The van der Waals surface area contributed by atoms with Crippen molar-refractivity contribution in [3.05, 3.63) is 46.2 Å². The van der Waals surface area contributed by atoms with Crippen molar-refractivity contribution >= 4 is 5.69 Å². The average molecular weight is 588 g/mol. The molecule has 1 spiro atoms. The molecule has 0 saturated carbocycles. The number of aromatic nitrogens is 3. The molecule has 12 heteroatoms. The average Bonchev–Trinajstić information content (AvgIpc) is 3.73. The first-order valence-corrected chi connectivity index (χ1v) is 15.1. The maximum Gasteiger partial charge on any atom is 0.221 e. The number of benzene rings is 1. The number of nitriles is 1. The zero-order valence-electron chi connectivity index (χ0n) is 24.3. The second kappa shape index (κ2) is 10.7. The fraction of sp³-hybridized carbons (Fsp3) is 0.548. The number of aliphatic hydroxyl groups excluding tert-OH is 2. The Kier molecular flexibility index (Phi) is 7.01. The highest BCUT2D eigenvalue weighted by molar-refractivity contribution is 5.68. The lowest BCUT2D eigenvalue weighted by molar-refractivity contribution is -0.0606. The van der Waals surface area contributed by atoms with Gasteiger partial charge in [-0.2, -0.15) is 15.2 Å². The number of nitrogens with one attached hydrogen (secondary N) is 1. The van der Waals surface area contributed by atoms with E-state index in [9.17, 15) is 15.5 Å². The number of fused-ring (bicyclic) bond motifs is 4. The molecule has 2 aliphatic heterocycles. The lowest BCUT2D eigenvalue weighted by Crippen LogP contribution is -2.74. The number of ether oxygens (including phenoxy) is 2. The van der Waals surface area contributed by atoms with Crippen LogP contribution in [0.1, 0.15) is 60.1 Å². The summed E-state index contributed by atoms with van der Waals surface area (Å²) in [6.07, 6.45) is 5.80. The zero-order valence-corrected chi connectivity index (χ0v) is 24.3. The summed E-state index contributed by atoms with van der Waals surface area (Å²) in [7, 11) is 2.10. The first kappa shape index (κ1) is 28.0. The Morgan fingerprint density at radius 3 is 2.74 bits per heavy atom. The Balaban J connectivity index is 1.27. The molecule has 12 nitrogen and oxygen atoms in total. The number of anilines is 1. The van der Waals surface area contributed by atoms with Gasteiger partial charge in [0, 0.05) is 23.8 Å². The number of aryl methyl sites for hydroxylation is 1. The van der Waals surface area contributed by atoms with Crippen LogP contribution in [-0.2, 0) is 18.3 Å². The van der Waals surface area contributed by atoms with E-state index in [0.29, 0.717) is 47.8 Å². The number of nitrogen functional groups attached to an aromatic ring is 1. The molecule has 2 aromatic heterocycles. The Bertz CT molecular complexity index is 1580. The summed E-state index contributed by atoms with van der Waals surface area (Å²) >= 11 is 0. The predicted octanol–water partition coefficient (Wildman–Crippen LogP) is 1.70. The highest BCUT2D eigenvalue weighted by Crippen LogP contribution is 2.54. The second-order valence-corrected chi connectivity index (χ2v) is 12.4. The second-order valence-electron chi connectivity index (χ2n) is 12.4. The topological polar surface area (TPSA) is 176 Å². The van der Waals surface area contributed by atoms with Gasteiger partial charge >= 0.3 is 0 Å². The van der Waals surface area contributed by atoms with E-state index >= 15 is 0 Å². The summed E-state index contributed by atoms with van der Waals surface area (Å²) in [5, 5.41) is 37.5. The number of nitrogens with zero attached hydrogens (tertiary/aromatic N) is 5. The summed E-state index contributed by atoms with van der Waals surface area (Å²) in [6.45, 7) is 1.41. The smallest absolute Gasteiger partial charge is 0.221 e. The van der Waals surface area contributed by atoms with Gasteiger partial charge in [0.25, 0.3) is 0 Å². The van der Waals surface area contributed by atoms with Crippen LogP contribution in [0.25, 0.3) is 11.5 Å². The standard InChI is InChI=1S/C31H37N7O5/c1-38-11-3-4-19(38)15-41-24-12-25(42-23-14-34-31(23,16-39)17-40)36-29(35-24)27-20-5-2-9-30(28(20)43-37-27)10-8-18-6-7-22(33)21(13-32)26(18)30/h6-7,12,19,23,34,39-40H,2-5,8-11,14-17,33H2,1H3. The minimum Gasteiger partial charge on any atom is -0.476 e. The van der Waals surface area contributed by atoms with Crippen molar-refractivity contribution in [2.45, 2.75) is 68.0 Å². The number of likely N-dealkylation sites (N-methyl/N-ethyl adjacent to an activating group) is 1. The lowest BCUT2D eigenvalue weighted by atomic mass is 9.68. The highest BCUT2D eigenvalue weighted by Gasteiger charge is 2.50. The molecule has 5 N–H and O–H groups in total. The molecule has 2 saturated heterocycles. The van der Waals surface area contributed by atoms with Crippen molar-refractivity contribution in [3.63, 3.8) is 0 Å². The third-order valence-electron chi connectivity index (χ3n) is 10.1. The third kappa shape index (κ3) is 4.45. The van der Waals surface area contributed by atoms with Crippen molar-refractivity contribution in [2.24, 2.45) is 0 Å². The molecule has 0 bridgehead atoms. The van der Waals surface area contributed by atoms with Gasteiger partial charge in [-0.05, 0) is 75.7 Å². The number of likely N-dealkylation sites (tertiary alicyclic amines) is 1. The Labute approximate surface area is 249 Å². The molecule has 43 heavy (non-hydrogen) atoms. The number of nitrogens with two attached hydrogens (primary N) is 1. The fourth-order valence-electron chi connectivity index (χ4n) is 7.42. The fourth-order valence-corrected chi connectivity index (χ4v) is 7.42. The molecule has 3 atom stereocenters. The van der Waals surface area contributed by atoms with Gasteiger partial charge < -0.3 is 40.2 Å². The number of rotatable bonds is 8. The third-order valence-corrected chi connectivity index (χ3v) is 10.1. The molecule has 226 valence electrons. The van der Waals surface area contributed by atoms with Crippen molar-refractivity contribution in [1.82, 2.24) is 25.3 Å². The summed E-state index contributed by atoms with van der Waals surface area (Å²) in [5.41, 5.74) is 9.37. The maximum atomic E-state index is 10.0. The van der Waals surface area contributed by atoms with Crippen molar-refractivity contribution in [3.8, 4) is 29.3 Å². The quantitative estimate of drug-likeness (QED) is 0.281. The van der Waals surface area contributed by atoms with Gasteiger partial charge in [0.1, 0.15) is 24.3 Å². The molecule has 7 rings (SSSR count). The van der Waals surface area contributed by atoms with Crippen LogP contribution >= 0.6 is 0 Å². The molecular weight excluding hydrogens is 550 g/mol. The van der Waals surface area contributed by atoms with Crippen LogP contribution < -0.4 is 20.5 Å². The summed E-state index contributed by atoms with van der Waals surface area (Å²) in [6, 6.07) is 8.13. The lowest BCUT2D eigenvalue weighted by Gasteiger charge is -2.47. The van der Waals surface area contributed by atoms with Crippen molar-refractivity contribution in [1.29, 1.82) is 5.26 Å². The van der Waals surface area contributed by atoms with E-state index in [1.807, 2.05) is 12.1 Å². The van der Waals surface area contributed by atoms with Crippen LogP contribution in [0.5, 0.6) is 11.8 Å². The Morgan fingerprint density at radius 1 is 1.19 bits per heavy atom. The molecule has 0 amide bonds. The van der Waals surface area contributed by atoms with Crippen LogP contribution in [0.15, 0.2) is 22.7 Å². The SMILES string of the molecule is CN1CCCC1COc1cc(OC2CNC2(CO)CO)nc(-c2noc3c2CCCC32CCc3ccc(N)c(C#N)c32)n1. The van der Waals surface area contributed by atoms with Gasteiger partial charge in [-0.3, -0.25) is 0 Å². The number of hydrogen-bond donors (Lipinski definition) is 4. The maximum absolute atomic E-state index is 10.0. The minimum atomic E-state index is -0.950. The Hall–Kier alpha value is -3.76.